The van der Waals surface area contributed by atoms with Crippen LogP contribution in [-0.4, -0.2) is 13.0 Å². The van der Waals surface area contributed by atoms with Gasteiger partial charge >= 0.3 is 0 Å². The molecule has 24 heavy (non-hydrogen) atoms. The molecule has 3 rings (SSSR count). The minimum Gasteiger partial charge on any atom is -0.495 e. The maximum atomic E-state index is 12.3. The van der Waals surface area contributed by atoms with Crippen LogP contribution < -0.4 is 15.8 Å². The molecule has 120 valence electrons. The summed E-state index contributed by atoms with van der Waals surface area (Å²) in [6.45, 7) is 0. The van der Waals surface area contributed by atoms with E-state index in [0.717, 1.165) is 11.1 Å². The second kappa shape index (κ2) is 6.87. The van der Waals surface area contributed by atoms with E-state index in [9.17, 15) is 4.79 Å². The maximum absolute atomic E-state index is 12.3. The van der Waals surface area contributed by atoms with Crippen LogP contribution in [0, 0.1) is 0 Å². The fourth-order valence-electron chi connectivity index (χ4n) is 2.46. The van der Waals surface area contributed by atoms with Crippen LogP contribution in [0.3, 0.4) is 0 Å². The first-order valence-electron chi connectivity index (χ1n) is 7.58. The molecule has 4 heteroatoms. The van der Waals surface area contributed by atoms with Crippen molar-refractivity contribution in [2.75, 3.05) is 18.2 Å². The number of methoxy groups -OCH3 is 1. The average Bonchev–Trinajstić information content (AvgIpc) is 2.63. The summed E-state index contributed by atoms with van der Waals surface area (Å²) < 4.78 is 5.11. The average molecular weight is 318 g/mol. The SMILES string of the molecule is COc1ccc(NC(=O)c2ccc(-c3ccccc3)cc2)cc1N. The standard InChI is InChI=1S/C20H18N2O2/c1-24-19-12-11-17(13-18(19)21)22-20(23)16-9-7-15(8-10-16)14-5-3-2-4-6-14/h2-13H,21H2,1H3,(H,22,23). The normalized spacial score (nSPS) is 10.2. The second-order valence-electron chi connectivity index (χ2n) is 5.35. The number of rotatable bonds is 4. The van der Waals surface area contributed by atoms with Crippen LogP contribution in [0.1, 0.15) is 10.4 Å². The number of carbonyl (C=O) groups is 1. The van der Waals surface area contributed by atoms with E-state index in [1.165, 1.54) is 0 Å². The van der Waals surface area contributed by atoms with Crippen molar-refractivity contribution in [3.8, 4) is 16.9 Å². The third kappa shape index (κ3) is 3.38. The van der Waals surface area contributed by atoms with Crippen LogP contribution in [-0.2, 0) is 0 Å². The molecule has 0 atom stereocenters. The van der Waals surface area contributed by atoms with Gasteiger partial charge in [0.25, 0.3) is 5.91 Å². The number of nitrogens with one attached hydrogen (secondary N) is 1. The van der Waals surface area contributed by atoms with Gasteiger partial charge in [0, 0.05) is 11.3 Å². The summed E-state index contributed by atoms with van der Waals surface area (Å²) in [6.07, 6.45) is 0. The van der Waals surface area contributed by atoms with Crippen LogP contribution in [0.2, 0.25) is 0 Å². The summed E-state index contributed by atoms with van der Waals surface area (Å²) in [5.41, 5.74) is 9.74. The lowest BCUT2D eigenvalue weighted by Gasteiger charge is -2.09. The zero-order chi connectivity index (χ0) is 16.9. The highest BCUT2D eigenvalue weighted by Gasteiger charge is 2.08. The molecule has 0 saturated heterocycles. The van der Waals surface area contributed by atoms with Gasteiger partial charge in [0.1, 0.15) is 5.75 Å². The summed E-state index contributed by atoms with van der Waals surface area (Å²) in [4.78, 5) is 12.3. The molecule has 0 aliphatic rings. The van der Waals surface area contributed by atoms with Gasteiger partial charge in [-0.25, -0.2) is 0 Å². The van der Waals surface area contributed by atoms with Crippen molar-refractivity contribution in [1.29, 1.82) is 0 Å². The first-order chi connectivity index (χ1) is 11.7. The molecule has 3 aromatic carbocycles. The van der Waals surface area contributed by atoms with Crippen molar-refractivity contribution in [3.63, 3.8) is 0 Å². The molecule has 0 aliphatic carbocycles. The molecule has 0 bridgehead atoms. The van der Waals surface area contributed by atoms with Gasteiger partial charge in [-0.05, 0) is 41.5 Å². The largest absolute Gasteiger partial charge is 0.495 e. The first kappa shape index (κ1) is 15.6. The number of amides is 1. The van der Waals surface area contributed by atoms with Crippen LogP contribution in [0.15, 0.2) is 72.8 Å². The zero-order valence-corrected chi connectivity index (χ0v) is 13.3. The Hall–Kier alpha value is -3.27. The third-order valence-electron chi connectivity index (χ3n) is 3.74. The Labute approximate surface area is 140 Å². The van der Waals surface area contributed by atoms with Crippen molar-refractivity contribution < 1.29 is 9.53 Å². The molecule has 3 N–H and O–H groups in total. The van der Waals surface area contributed by atoms with Crippen molar-refractivity contribution in [2.24, 2.45) is 0 Å². The molecule has 0 heterocycles. The van der Waals surface area contributed by atoms with Gasteiger partial charge in [-0.3, -0.25) is 4.79 Å². The van der Waals surface area contributed by atoms with Crippen LogP contribution in [0.25, 0.3) is 11.1 Å². The van der Waals surface area contributed by atoms with E-state index >= 15 is 0 Å². The Morgan fingerprint density at radius 1 is 0.917 bits per heavy atom. The molecule has 0 fully saturated rings. The minimum atomic E-state index is -0.181. The maximum Gasteiger partial charge on any atom is 0.255 e. The summed E-state index contributed by atoms with van der Waals surface area (Å²) in [5, 5.41) is 2.84. The summed E-state index contributed by atoms with van der Waals surface area (Å²) >= 11 is 0. The van der Waals surface area contributed by atoms with Gasteiger partial charge in [0.15, 0.2) is 0 Å². The van der Waals surface area contributed by atoms with Gasteiger partial charge in [0.2, 0.25) is 0 Å². The summed E-state index contributed by atoms with van der Waals surface area (Å²) in [5.74, 6) is 0.402. The lowest BCUT2D eigenvalue weighted by molar-refractivity contribution is 0.102. The number of hydrogen-bond donors (Lipinski definition) is 2. The number of carbonyl (C=O) groups excluding carboxylic acids is 1. The number of benzene rings is 3. The van der Waals surface area contributed by atoms with Gasteiger partial charge in [-0.15, -0.1) is 0 Å². The molecule has 0 saturated carbocycles. The highest BCUT2D eigenvalue weighted by atomic mass is 16.5. The topological polar surface area (TPSA) is 64.3 Å². The van der Waals surface area contributed by atoms with Crippen molar-refractivity contribution in [2.45, 2.75) is 0 Å². The molecule has 0 unspecified atom stereocenters. The molecular formula is C20H18N2O2. The second-order valence-corrected chi connectivity index (χ2v) is 5.35. The summed E-state index contributed by atoms with van der Waals surface area (Å²) in [6, 6.07) is 22.7. The Morgan fingerprint density at radius 3 is 2.21 bits per heavy atom. The van der Waals surface area contributed by atoms with E-state index in [4.69, 9.17) is 10.5 Å². The molecule has 3 aromatic rings. The predicted molar refractivity (Wildman–Crippen MR) is 97.2 cm³/mol. The molecule has 0 radical (unpaired) electrons. The molecule has 0 aromatic heterocycles. The number of ether oxygens (including phenoxy) is 1. The van der Waals surface area contributed by atoms with E-state index < -0.39 is 0 Å². The Morgan fingerprint density at radius 2 is 1.58 bits per heavy atom. The van der Waals surface area contributed by atoms with Crippen LogP contribution in [0.4, 0.5) is 11.4 Å². The van der Waals surface area contributed by atoms with Gasteiger partial charge in [0.05, 0.1) is 12.8 Å². The Kier molecular flexibility index (Phi) is 4.47. The van der Waals surface area contributed by atoms with E-state index in [-0.39, 0.29) is 5.91 Å². The molecule has 1 amide bonds. The molecule has 0 aliphatic heterocycles. The Bertz CT molecular complexity index is 843. The van der Waals surface area contributed by atoms with Crippen molar-refractivity contribution in [1.82, 2.24) is 0 Å². The van der Waals surface area contributed by atoms with Crippen LogP contribution in [0.5, 0.6) is 5.75 Å². The third-order valence-corrected chi connectivity index (χ3v) is 3.74. The lowest BCUT2D eigenvalue weighted by atomic mass is 10.0. The number of nitrogen functional groups attached to an aromatic ring is 1. The smallest absolute Gasteiger partial charge is 0.255 e. The van der Waals surface area contributed by atoms with Gasteiger partial charge < -0.3 is 15.8 Å². The zero-order valence-electron chi connectivity index (χ0n) is 13.3. The van der Waals surface area contributed by atoms with E-state index in [2.05, 4.69) is 5.32 Å². The van der Waals surface area contributed by atoms with E-state index in [0.29, 0.717) is 22.7 Å². The number of anilines is 2. The predicted octanol–water partition coefficient (Wildman–Crippen LogP) is 4.20. The molecule has 4 nitrogen and oxygen atoms in total. The fraction of sp³-hybridized carbons (Fsp3) is 0.0500. The summed E-state index contributed by atoms with van der Waals surface area (Å²) in [7, 11) is 1.55. The van der Waals surface area contributed by atoms with Crippen molar-refractivity contribution >= 4 is 17.3 Å². The van der Waals surface area contributed by atoms with Gasteiger partial charge in [-0.1, -0.05) is 42.5 Å². The quantitative estimate of drug-likeness (QED) is 0.709. The fourth-order valence-corrected chi connectivity index (χ4v) is 2.46. The number of hydrogen-bond acceptors (Lipinski definition) is 3. The highest BCUT2D eigenvalue weighted by molar-refractivity contribution is 6.04. The molecule has 0 spiro atoms. The monoisotopic (exact) mass is 318 g/mol. The van der Waals surface area contributed by atoms with Gasteiger partial charge in [-0.2, -0.15) is 0 Å². The van der Waals surface area contributed by atoms with E-state index in [1.807, 2.05) is 54.6 Å². The Balaban J connectivity index is 1.75. The molecular weight excluding hydrogens is 300 g/mol. The minimum absolute atomic E-state index is 0.181. The van der Waals surface area contributed by atoms with E-state index in [1.54, 1.807) is 25.3 Å². The first-order valence-corrected chi connectivity index (χ1v) is 7.58. The lowest BCUT2D eigenvalue weighted by Crippen LogP contribution is -2.12. The highest BCUT2D eigenvalue weighted by Crippen LogP contribution is 2.25. The number of nitrogens with two attached hydrogens (primary N) is 1. The van der Waals surface area contributed by atoms with Crippen LogP contribution >= 0.6 is 0 Å². The van der Waals surface area contributed by atoms with Crippen molar-refractivity contribution in [3.05, 3.63) is 78.4 Å².